The second-order valence-corrected chi connectivity index (χ2v) is 4.24. The van der Waals surface area contributed by atoms with Crippen molar-refractivity contribution >= 4 is 17.8 Å². The quantitative estimate of drug-likeness (QED) is 0.740. The number of hydrogen-bond acceptors (Lipinski definition) is 3. The lowest BCUT2D eigenvalue weighted by molar-refractivity contribution is -0.142. The van der Waals surface area contributed by atoms with Crippen LogP contribution in [-0.4, -0.2) is 34.3 Å². The second-order valence-electron chi connectivity index (χ2n) is 4.24. The number of aliphatic carboxylic acids is 1. The van der Waals surface area contributed by atoms with Gasteiger partial charge in [0.2, 0.25) is 11.8 Å². The zero-order valence-corrected chi connectivity index (χ0v) is 8.90. The number of rotatable bonds is 3. The van der Waals surface area contributed by atoms with E-state index in [1.54, 1.807) is 0 Å². The number of likely N-dealkylation sites (tertiary alicyclic amines) is 1. The van der Waals surface area contributed by atoms with Gasteiger partial charge in [0.15, 0.2) is 0 Å². The average Bonchev–Trinajstić information content (AvgIpc) is 2.46. The summed E-state index contributed by atoms with van der Waals surface area (Å²) in [5, 5.41) is 8.72. The zero-order chi connectivity index (χ0) is 11.6. The SMILES string of the molecule is CC(C)CC(=O)N1CC(C(=O)O)CC1=O. The molecule has 0 bridgehead atoms. The topological polar surface area (TPSA) is 74.7 Å². The summed E-state index contributed by atoms with van der Waals surface area (Å²) >= 11 is 0. The van der Waals surface area contributed by atoms with Gasteiger partial charge in [-0.25, -0.2) is 0 Å². The van der Waals surface area contributed by atoms with Crippen LogP contribution in [0.5, 0.6) is 0 Å². The summed E-state index contributed by atoms with van der Waals surface area (Å²) in [6.45, 7) is 3.79. The van der Waals surface area contributed by atoms with Gasteiger partial charge in [-0.2, -0.15) is 0 Å². The van der Waals surface area contributed by atoms with Gasteiger partial charge in [-0.1, -0.05) is 13.8 Å². The maximum absolute atomic E-state index is 11.5. The molecule has 1 aliphatic heterocycles. The molecule has 15 heavy (non-hydrogen) atoms. The van der Waals surface area contributed by atoms with Crippen LogP contribution in [0.25, 0.3) is 0 Å². The van der Waals surface area contributed by atoms with Gasteiger partial charge in [0, 0.05) is 19.4 Å². The molecule has 5 nitrogen and oxygen atoms in total. The van der Waals surface area contributed by atoms with Gasteiger partial charge >= 0.3 is 5.97 Å². The van der Waals surface area contributed by atoms with Crippen LogP contribution in [-0.2, 0) is 14.4 Å². The number of imide groups is 1. The fourth-order valence-corrected chi connectivity index (χ4v) is 1.57. The van der Waals surface area contributed by atoms with Crippen molar-refractivity contribution in [1.29, 1.82) is 0 Å². The van der Waals surface area contributed by atoms with E-state index in [-0.39, 0.29) is 37.1 Å². The number of carboxylic acid groups (broad SMARTS) is 1. The first-order valence-electron chi connectivity index (χ1n) is 4.97. The smallest absolute Gasteiger partial charge is 0.308 e. The van der Waals surface area contributed by atoms with E-state index in [9.17, 15) is 14.4 Å². The predicted molar refractivity (Wildman–Crippen MR) is 51.9 cm³/mol. The highest BCUT2D eigenvalue weighted by molar-refractivity contribution is 5.99. The van der Waals surface area contributed by atoms with E-state index in [0.717, 1.165) is 4.90 Å². The Hall–Kier alpha value is -1.39. The Labute approximate surface area is 88.1 Å². The normalized spacial score (nSPS) is 21.1. The molecule has 1 fully saturated rings. The van der Waals surface area contributed by atoms with Crippen molar-refractivity contribution in [2.75, 3.05) is 6.54 Å². The molecule has 0 spiro atoms. The molecule has 1 N–H and O–H groups in total. The molecule has 1 aliphatic rings. The molecule has 1 rings (SSSR count). The third kappa shape index (κ3) is 2.78. The maximum Gasteiger partial charge on any atom is 0.308 e. The lowest BCUT2D eigenvalue weighted by atomic mass is 10.1. The van der Waals surface area contributed by atoms with Crippen LogP contribution in [0.3, 0.4) is 0 Å². The van der Waals surface area contributed by atoms with Crippen LogP contribution in [0.15, 0.2) is 0 Å². The standard InChI is InChI=1S/C10H15NO4/c1-6(2)3-8(12)11-5-7(10(14)15)4-9(11)13/h6-7H,3-5H2,1-2H3,(H,14,15). The molecule has 0 aromatic heterocycles. The first kappa shape index (κ1) is 11.7. The number of amides is 2. The van der Waals surface area contributed by atoms with Crippen molar-refractivity contribution in [2.24, 2.45) is 11.8 Å². The van der Waals surface area contributed by atoms with Crippen molar-refractivity contribution in [3.8, 4) is 0 Å². The first-order chi connectivity index (χ1) is 6.91. The van der Waals surface area contributed by atoms with Gasteiger partial charge in [0.05, 0.1) is 5.92 Å². The Morgan fingerprint density at radius 2 is 2.13 bits per heavy atom. The van der Waals surface area contributed by atoms with E-state index < -0.39 is 11.9 Å². The molecule has 0 radical (unpaired) electrons. The Morgan fingerprint density at radius 3 is 2.53 bits per heavy atom. The highest BCUT2D eigenvalue weighted by Crippen LogP contribution is 2.19. The van der Waals surface area contributed by atoms with Crippen LogP contribution in [0, 0.1) is 11.8 Å². The Kier molecular flexibility index (Phi) is 3.44. The fourth-order valence-electron chi connectivity index (χ4n) is 1.57. The Balaban J connectivity index is 2.61. The van der Waals surface area contributed by atoms with Gasteiger partial charge < -0.3 is 5.11 Å². The van der Waals surface area contributed by atoms with Crippen LogP contribution in [0.1, 0.15) is 26.7 Å². The molecule has 0 saturated carbocycles. The minimum Gasteiger partial charge on any atom is -0.481 e. The van der Waals surface area contributed by atoms with Crippen LogP contribution in [0.2, 0.25) is 0 Å². The summed E-state index contributed by atoms with van der Waals surface area (Å²) in [5.41, 5.74) is 0. The van der Waals surface area contributed by atoms with Crippen molar-refractivity contribution in [3.63, 3.8) is 0 Å². The van der Waals surface area contributed by atoms with E-state index in [1.165, 1.54) is 0 Å². The molecule has 5 heteroatoms. The molecule has 1 saturated heterocycles. The monoisotopic (exact) mass is 213 g/mol. The van der Waals surface area contributed by atoms with Gasteiger partial charge in [0.25, 0.3) is 0 Å². The summed E-state index contributed by atoms with van der Waals surface area (Å²) in [7, 11) is 0. The van der Waals surface area contributed by atoms with Gasteiger partial charge in [-0.3, -0.25) is 19.3 Å². The third-order valence-corrected chi connectivity index (χ3v) is 2.36. The van der Waals surface area contributed by atoms with Gasteiger partial charge in [-0.05, 0) is 5.92 Å². The Morgan fingerprint density at radius 1 is 1.53 bits per heavy atom. The van der Waals surface area contributed by atoms with Gasteiger partial charge in [0.1, 0.15) is 0 Å². The molecule has 1 unspecified atom stereocenters. The first-order valence-corrected chi connectivity index (χ1v) is 4.97. The van der Waals surface area contributed by atoms with Gasteiger partial charge in [-0.15, -0.1) is 0 Å². The van der Waals surface area contributed by atoms with E-state index in [2.05, 4.69) is 0 Å². The van der Waals surface area contributed by atoms with Crippen molar-refractivity contribution in [2.45, 2.75) is 26.7 Å². The van der Waals surface area contributed by atoms with E-state index in [4.69, 9.17) is 5.11 Å². The highest BCUT2D eigenvalue weighted by Gasteiger charge is 2.37. The summed E-state index contributed by atoms with van der Waals surface area (Å²) in [6.07, 6.45) is 0.233. The summed E-state index contributed by atoms with van der Waals surface area (Å²) in [4.78, 5) is 34.6. The minimum atomic E-state index is -1.01. The average molecular weight is 213 g/mol. The van der Waals surface area contributed by atoms with Crippen molar-refractivity contribution < 1.29 is 19.5 Å². The highest BCUT2D eigenvalue weighted by atomic mass is 16.4. The largest absolute Gasteiger partial charge is 0.481 e. The van der Waals surface area contributed by atoms with Crippen LogP contribution < -0.4 is 0 Å². The third-order valence-electron chi connectivity index (χ3n) is 2.36. The van der Waals surface area contributed by atoms with Crippen molar-refractivity contribution in [3.05, 3.63) is 0 Å². The van der Waals surface area contributed by atoms with Crippen molar-refractivity contribution in [1.82, 2.24) is 4.90 Å². The Bertz CT molecular complexity index is 298. The molecular formula is C10H15NO4. The summed E-state index contributed by atoms with van der Waals surface area (Å²) in [6, 6.07) is 0. The zero-order valence-electron chi connectivity index (χ0n) is 8.90. The summed E-state index contributed by atoms with van der Waals surface area (Å²) < 4.78 is 0. The molecule has 2 amide bonds. The fraction of sp³-hybridized carbons (Fsp3) is 0.700. The summed E-state index contributed by atoms with van der Waals surface area (Å²) in [5.74, 6) is -2.20. The number of hydrogen-bond donors (Lipinski definition) is 1. The molecule has 84 valence electrons. The van der Waals surface area contributed by atoms with E-state index in [0.29, 0.717) is 0 Å². The minimum absolute atomic E-state index is 0.0275. The second kappa shape index (κ2) is 4.42. The number of nitrogens with zero attached hydrogens (tertiary/aromatic N) is 1. The lowest BCUT2D eigenvalue weighted by Gasteiger charge is -2.15. The molecule has 1 atom stereocenters. The van der Waals surface area contributed by atoms with Crippen LogP contribution >= 0.6 is 0 Å². The molecule has 0 aromatic rings. The molecule has 0 aliphatic carbocycles. The predicted octanol–water partition coefficient (Wildman–Crippen LogP) is 0.492. The van der Waals surface area contributed by atoms with E-state index in [1.807, 2.05) is 13.8 Å². The molecule has 1 heterocycles. The number of carbonyl (C=O) groups is 3. The maximum atomic E-state index is 11.5. The lowest BCUT2D eigenvalue weighted by Crippen LogP contribution is -2.33. The number of carbonyl (C=O) groups excluding carboxylic acids is 2. The van der Waals surface area contributed by atoms with Crippen LogP contribution in [0.4, 0.5) is 0 Å². The number of carboxylic acids is 1. The van der Waals surface area contributed by atoms with E-state index >= 15 is 0 Å². The molecular weight excluding hydrogens is 198 g/mol. The molecule has 0 aromatic carbocycles.